The number of alkyl halides is 1. The number of hydrogen-bond donors (Lipinski definition) is 3. The van der Waals surface area contributed by atoms with Gasteiger partial charge in [-0.2, -0.15) is 0 Å². The third-order valence-electron chi connectivity index (χ3n) is 3.88. The van der Waals surface area contributed by atoms with E-state index in [2.05, 4.69) is 15.6 Å². The van der Waals surface area contributed by atoms with Gasteiger partial charge in [0.25, 0.3) is 5.91 Å². The molecular weight excluding hydrogens is 382 g/mol. The first-order valence-electron chi connectivity index (χ1n) is 7.79. The minimum Gasteiger partial charge on any atom is -0.326 e. The highest BCUT2D eigenvalue weighted by Gasteiger charge is 2.43. The van der Waals surface area contributed by atoms with Crippen LogP contribution in [0.5, 0.6) is 0 Å². The number of nitrogens with one attached hydrogen (secondary N) is 2. The third-order valence-corrected chi connectivity index (χ3v) is 4.48. The van der Waals surface area contributed by atoms with Crippen LogP contribution in [0.1, 0.15) is 22.3 Å². The summed E-state index contributed by atoms with van der Waals surface area (Å²) < 4.78 is 12.9. The first-order valence-corrected chi connectivity index (χ1v) is 8.55. The molecule has 1 aromatic heterocycles. The molecule has 0 unspecified atom stereocenters. The van der Waals surface area contributed by atoms with E-state index in [1.54, 1.807) is 18.2 Å². The zero-order chi connectivity index (χ0) is 18.8. The lowest BCUT2D eigenvalue weighted by Gasteiger charge is -2.11. The molecule has 1 aliphatic carbocycles. The molecule has 0 radical (unpaired) electrons. The molecule has 6 nitrogen and oxygen atoms in total. The zero-order valence-electron chi connectivity index (χ0n) is 13.4. The van der Waals surface area contributed by atoms with Crippen molar-refractivity contribution in [2.24, 2.45) is 11.7 Å². The van der Waals surface area contributed by atoms with Crippen LogP contribution in [-0.4, -0.2) is 23.0 Å². The summed E-state index contributed by atoms with van der Waals surface area (Å²) in [5.74, 6) is -1.37. The fourth-order valence-electron chi connectivity index (χ4n) is 2.38. The second-order valence-corrected chi connectivity index (χ2v) is 6.68. The number of carbonyl (C=O) groups is 2. The van der Waals surface area contributed by atoms with E-state index in [0.717, 1.165) is 0 Å². The maximum atomic E-state index is 12.9. The number of rotatable bonds is 5. The molecule has 3 rings (SSSR count). The molecule has 2 atom stereocenters. The molecule has 2 amide bonds. The fraction of sp³-hybridized carbons (Fsp3) is 0.235. The Morgan fingerprint density at radius 1 is 1.23 bits per heavy atom. The van der Waals surface area contributed by atoms with Crippen LogP contribution < -0.4 is 16.4 Å². The summed E-state index contributed by atoms with van der Waals surface area (Å²) in [5.41, 5.74) is 6.75. The van der Waals surface area contributed by atoms with Crippen molar-refractivity contribution >= 4 is 46.5 Å². The molecule has 4 N–H and O–H groups in total. The minimum atomic E-state index is -1.10. The molecule has 0 saturated heterocycles. The van der Waals surface area contributed by atoms with Crippen LogP contribution in [0.25, 0.3) is 0 Å². The Bertz CT molecular complexity index is 855. The van der Waals surface area contributed by atoms with Crippen molar-refractivity contribution in [1.29, 1.82) is 0 Å². The van der Waals surface area contributed by atoms with Gasteiger partial charge in [-0.3, -0.25) is 9.59 Å². The molecule has 9 heteroatoms. The lowest BCUT2D eigenvalue weighted by molar-refractivity contribution is -0.117. The number of nitrogens with zero attached hydrogens (tertiary/aromatic N) is 1. The molecule has 26 heavy (non-hydrogen) atoms. The number of pyridine rings is 1. The van der Waals surface area contributed by atoms with Crippen molar-refractivity contribution in [1.82, 2.24) is 4.98 Å². The van der Waals surface area contributed by atoms with Gasteiger partial charge >= 0.3 is 0 Å². The van der Waals surface area contributed by atoms with Crippen molar-refractivity contribution in [2.75, 3.05) is 10.6 Å². The smallest absolute Gasteiger partial charge is 0.258 e. The number of benzene rings is 1. The van der Waals surface area contributed by atoms with Crippen molar-refractivity contribution in [3.05, 3.63) is 51.6 Å². The summed E-state index contributed by atoms with van der Waals surface area (Å²) in [6.07, 6.45) is 0.530. The molecule has 136 valence electrons. The molecule has 1 heterocycles. The Kier molecular flexibility index (Phi) is 5.41. The van der Waals surface area contributed by atoms with Gasteiger partial charge in [0.2, 0.25) is 5.91 Å². The number of halogens is 3. The predicted octanol–water partition coefficient (Wildman–Crippen LogP) is 3.40. The lowest BCUT2D eigenvalue weighted by atomic mass is 10.1. The first-order chi connectivity index (χ1) is 12.4. The van der Waals surface area contributed by atoms with Gasteiger partial charge in [0, 0.05) is 24.5 Å². The summed E-state index contributed by atoms with van der Waals surface area (Å²) in [6.45, 7) is 0.246. The van der Waals surface area contributed by atoms with E-state index >= 15 is 0 Å². The Labute approximate surface area is 158 Å². The van der Waals surface area contributed by atoms with Crippen molar-refractivity contribution in [3.63, 3.8) is 0 Å². The predicted molar refractivity (Wildman–Crippen MR) is 98.2 cm³/mol. The van der Waals surface area contributed by atoms with E-state index < -0.39 is 23.9 Å². The summed E-state index contributed by atoms with van der Waals surface area (Å²) in [4.78, 5) is 28.2. The maximum Gasteiger partial charge on any atom is 0.258 e. The number of aromatic nitrogens is 1. The van der Waals surface area contributed by atoms with Gasteiger partial charge in [-0.25, -0.2) is 9.37 Å². The summed E-state index contributed by atoms with van der Waals surface area (Å²) in [6, 6.07) is 6.15. The summed E-state index contributed by atoms with van der Waals surface area (Å²) in [5, 5.41) is 5.52. The van der Waals surface area contributed by atoms with E-state index in [-0.39, 0.29) is 34.4 Å². The number of carbonyl (C=O) groups excluding carboxylic acids is 2. The fourth-order valence-corrected chi connectivity index (χ4v) is 3.09. The highest BCUT2D eigenvalue weighted by atomic mass is 35.5. The normalized spacial score (nSPS) is 18.3. The Morgan fingerprint density at radius 3 is 2.46 bits per heavy atom. The van der Waals surface area contributed by atoms with Crippen LogP contribution >= 0.6 is 23.2 Å². The highest BCUT2D eigenvalue weighted by Crippen LogP contribution is 2.34. The third kappa shape index (κ3) is 4.12. The Balaban J connectivity index is 1.74. The van der Waals surface area contributed by atoms with Gasteiger partial charge in [-0.1, -0.05) is 23.2 Å². The average molecular weight is 397 g/mol. The highest BCUT2D eigenvalue weighted by molar-refractivity contribution is 6.40. The molecule has 0 bridgehead atoms. The van der Waals surface area contributed by atoms with Crippen molar-refractivity contribution in [2.45, 2.75) is 19.1 Å². The Hall–Kier alpha value is -2.22. The number of anilines is 2. The van der Waals surface area contributed by atoms with Gasteiger partial charge in [0.15, 0.2) is 0 Å². The second kappa shape index (κ2) is 7.57. The second-order valence-electron chi connectivity index (χ2n) is 5.87. The lowest BCUT2D eigenvalue weighted by Crippen LogP contribution is -2.17. The van der Waals surface area contributed by atoms with Gasteiger partial charge < -0.3 is 16.4 Å². The molecule has 0 aliphatic heterocycles. The zero-order valence-corrected chi connectivity index (χ0v) is 14.9. The molecule has 1 fully saturated rings. The van der Waals surface area contributed by atoms with Gasteiger partial charge in [0.05, 0.1) is 21.5 Å². The Morgan fingerprint density at radius 2 is 1.88 bits per heavy atom. The summed E-state index contributed by atoms with van der Waals surface area (Å²) >= 11 is 12.2. The molecule has 1 aromatic carbocycles. The SMILES string of the molecule is NCc1cc(Cl)c(C(=O)Nc2ccnc(NC(=O)[C@@H]3C[C@H]3F)c2)c(Cl)c1. The maximum absolute atomic E-state index is 12.9. The molecule has 0 spiro atoms. The van der Waals surface area contributed by atoms with Crippen LogP contribution in [-0.2, 0) is 11.3 Å². The largest absolute Gasteiger partial charge is 0.326 e. The van der Waals surface area contributed by atoms with E-state index in [0.29, 0.717) is 11.3 Å². The standard InChI is InChI=1S/C17H15Cl2FN4O2/c18-11-3-8(7-21)4-12(19)15(11)17(26)23-9-1-2-22-14(5-9)24-16(25)10-6-13(10)20/h1-5,10,13H,6-7,21H2,(H2,22,23,24,25,26)/t10-,13-/m1/s1. The molecule has 2 aromatic rings. The summed E-state index contributed by atoms with van der Waals surface area (Å²) in [7, 11) is 0. The van der Waals surface area contributed by atoms with Crippen LogP contribution in [0.4, 0.5) is 15.9 Å². The van der Waals surface area contributed by atoms with Crippen molar-refractivity contribution in [3.8, 4) is 0 Å². The van der Waals surface area contributed by atoms with Gasteiger partial charge in [-0.15, -0.1) is 0 Å². The topological polar surface area (TPSA) is 97.1 Å². The van der Waals surface area contributed by atoms with E-state index in [9.17, 15) is 14.0 Å². The number of nitrogens with two attached hydrogens (primary N) is 1. The van der Waals surface area contributed by atoms with Gasteiger partial charge in [0.1, 0.15) is 12.0 Å². The van der Waals surface area contributed by atoms with Gasteiger partial charge in [-0.05, 0) is 30.2 Å². The number of amides is 2. The van der Waals surface area contributed by atoms with Crippen molar-refractivity contribution < 1.29 is 14.0 Å². The average Bonchev–Trinajstić information content (AvgIpc) is 3.31. The minimum absolute atomic E-state index is 0.117. The number of hydrogen-bond acceptors (Lipinski definition) is 4. The quantitative estimate of drug-likeness (QED) is 0.721. The monoisotopic (exact) mass is 396 g/mol. The van der Waals surface area contributed by atoms with Crippen LogP contribution in [0.15, 0.2) is 30.5 Å². The molecule has 1 saturated carbocycles. The molecule has 1 aliphatic rings. The van der Waals surface area contributed by atoms with E-state index in [4.69, 9.17) is 28.9 Å². The first kappa shape index (κ1) is 18.6. The van der Waals surface area contributed by atoms with Crippen LogP contribution in [0.3, 0.4) is 0 Å². The van der Waals surface area contributed by atoms with Crippen LogP contribution in [0, 0.1) is 5.92 Å². The van der Waals surface area contributed by atoms with E-state index in [1.807, 2.05) is 0 Å². The van der Waals surface area contributed by atoms with E-state index in [1.165, 1.54) is 12.3 Å². The van der Waals surface area contributed by atoms with Crippen LogP contribution in [0.2, 0.25) is 10.0 Å². The molecular formula is C17H15Cl2FN4O2.